The highest BCUT2D eigenvalue weighted by molar-refractivity contribution is 7.91. The summed E-state index contributed by atoms with van der Waals surface area (Å²) in [6, 6.07) is 13.7. The van der Waals surface area contributed by atoms with Crippen LogP contribution < -0.4 is 5.32 Å². The highest BCUT2D eigenvalue weighted by atomic mass is 35.5. The molecule has 2 heterocycles. The maximum atomic E-state index is 13.2. The Morgan fingerprint density at radius 2 is 1.72 bits per heavy atom. The standard InChI is InChI=1S/C26H24ClN3O5S/c1-3-30(4-2)26(32)19-11-20(27)14-22(12-19)36(33,34)21-7-5-17(6-8-21)15-29-25(31)23-13-18-9-10-28-16-24(18)35-23/h5-14,16H,3-4,15H2,1-2H3,(H,29,31). The Labute approximate surface area is 213 Å². The summed E-state index contributed by atoms with van der Waals surface area (Å²) in [7, 11) is -3.93. The van der Waals surface area contributed by atoms with E-state index in [1.807, 2.05) is 13.8 Å². The summed E-state index contributed by atoms with van der Waals surface area (Å²) in [4.78, 5) is 30.7. The molecule has 8 nitrogen and oxygen atoms in total. The van der Waals surface area contributed by atoms with Gasteiger partial charge in [-0.2, -0.15) is 0 Å². The summed E-state index contributed by atoms with van der Waals surface area (Å²) in [6.07, 6.45) is 3.15. The lowest BCUT2D eigenvalue weighted by atomic mass is 10.2. The van der Waals surface area contributed by atoms with Crippen LogP contribution in [0.4, 0.5) is 0 Å². The predicted octanol–water partition coefficient (Wildman–Crippen LogP) is 4.73. The summed E-state index contributed by atoms with van der Waals surface area (Å²) in [5.41, 5.74) is 1.43. The Bertz CT molecular complexity index is 1490. The largest absolute Gasteiger partial charge is 0.449 e. The number of carbonyl (C=O) groups excluding carboxylic acids is 2. The number of pyridine rings is 1. The van der Waals surface area contributed by atoms with Crippen LogP contribution in [0.3, 0.4) is 0 Å². The zero-order valence-corrected chi connectivity index (χ0v) is 21.3. The molecule has 2 aromatic carbocycles. The molecule has 0 fully saturated rings. The van der Waals surface area contributed by atoms with Crippen molar-refractivity contribution in [3.63, 3.8) is 0 Å². The lowest BCUT2D eigenvalue weighted by Crippen LogP contribution is -2.30. The van der Waals surface area contributed by atoms with Gasteiger partial charge in [0.2, 0.25) is 9.84 Å². The molecule has 4 rings (SSSR count). The van der Waals surface area contributed by atoms with E-state index in [0.717, 1.165) is 5.39 Å². The van der Waals surface area contributed by atoms with Crippen molar-refractivity contribution in [3.8, 4) is 0 Å². The number of aromatic nitrogens is 1. The minimum Gasteiger partial charge on any atom is -0.449 e. The van der Waals surface area contributed by atoms with Crippen LogP contribution in [-0.2, 0) is 16.4 Å². The van der Waals surface area contributed by atoms with Crippen molar-refractivity contribution >= 4 is 44.2 Å². The van der Waals surface area contributed by atoms with E-state index in [9.17, 15) is 18.0 Å². The third-order valence-electron chi connectivity index (χ3n) is 5.71. The quantitative estimate of drug-likeness (QED) is 0.356. The highest BCUT2D eigenvalue weighted by Gasteiger charge is 2.22. The Morgan fingerprint density at radius 3 is 2.39 bits per heavy atom. The topological polar surface area (TPSA) is 110 Å². The first-order chi connectivity index (χ1) is 17.2. The second kappa shape index (κ2) is 10.5. The second-order valence-electron chi connectivity index (χ2n) is 8.01. The molecule has 0 spiro atoms. The molecule has 1 N–H and O–H groups in total. The Morgan fingerprint density at radius 1 is 1.00 bits per heavy atom. The Kier molecular flexibility index (Phi) is 7.42. The average molecular weight is 526 g/mol. The molecule has 0 radical (unpaired) electrons. The van der Waals surface area contributed by atoms with E-state index in [-0.39, 0.29) is 38.6 Å². The lowest BCUT2D eigenvalue weighted by Gasteiger charge is -2.19. The number of furan rings is 1. The molecule has 36 heavy (non-hydrogen) atoms. The molecule has 186 valence electrons. The summed E-state index contributed by atoms with van der Waals surface area (Å²) in [5, 5.41) is 3.68. The van der Waals surface area contributed by atoms with E-state index < -0.39 is 15.7 Å². The zero-order chi connectivity index (χ0) is 25.9. The summed E-state index contributed by atoms with van der Waals surface area (Å²) in [6.45, 7) is 4.86. The van der Waals surface area contributed by atoms with Gasteiger partial charge in [0, 0.05) is 41.8 Å². The van der Waals surface area contributed by atoms with Gasteiger partial charge in [-0.3, -0.25) is 14.6 Å². The van der Waals surface area contributed by atoms with Crippen molar-refractivity contribution in [2.45, 2.75) is 30.2 Å². The van der Waals surface area contributed by atoms with Gasteiger partial charge in [0.25, 0.3) is 11.8 Å². The zero-order valence-electron chi connectivity index (χ0n) is 19.7. The molecule has 0 atom stereocenters. The normalized spacial score (nSPS) is 11.4. The van der Waals surface area contributed by atoms with E-state index in [2.05, 4.69) is 10.3 Å². The van der Waals surface area contributed by atoms with Gasteiger partial charge in [-0.05, 0) is 61.9 Å². The first kappa shape index (κ1) is 25.4. The minimum atomic E-state index is -3.93. The molecule has 0 aliphatic rings. The Hall–Kier alpha value is -3.69. The van der Waals surface area contributed by atoms with Crippen molar-refractivity contribution in [3.05, 3.63) is 88.9 Å². The monoisotopic (exact) mass is 525 g/mol. The summed E-state index contributed by atoms with van der Waals surface area (Å²) in [5.74, 6) is -0.522. The fourth-order valence-corrected chi connectivity index (χ4v) is 5.35. The van der Waals surface area contributed by atoms with Crippen LogP contribution in [0.2, 0.25) is 5.02 Å². The fourth-order valence-electron chi connectivity index (χ4n) is 3.72. The van der Waals surface area contributed by atoms with E-state index in [0.29, 0.717) is 24.2 Å². The number of rotatable bonds is 8. The molecule has 0 bridgehead atoms. The first-order valence-corrected chi connectivity index (χ1v) is 13.1. The minimum absolute atomic E-state index is 0.0471. The van der Waals surface area contributed by atoms with Crippen molar-refractivity contribution in [2.24, 2.45) is 0 Å². The van der Waals surface area contributed by atoms with Gasteiger partial charge in [0.05, 0.1) is 16.0 Å². The van der Waals surface area contributed by atoms with E-state index in [1.54, 1.807) is 35.4 Å². The maximum Gasteiger partial charge on any atom is 0.287 e. The summed E-state index contributed by atoms with van der Waals surface area (Å²) >= 11 is 6.16. The van der Waals surface area contributed by atoms with Crippen LogP contribution in [0.25, 0.3) is 11.0 Å². The number of nitrogens with zero attached hydrogens (tertiary/aromatic N) is 2. The van der Waals surface area contributed by atoms with Crippen LogP contribution in [-0.4, -0.2) is 43.2 Å². The molecule has 0 saturated heterocycles. The number of amides is 2. The molecule has 4 aromatic rings. The smallest absolute Gasteiger partial charge is 0.287 e. The number of sulfone groups is 1. The van der Waals surface area contributed by atoms with E-state index in [4.69, 9.17) is 16.0 Å². The molecule has 0 aliphatic heterocycles. The van der Waals surface area contributed by atoms with Gasteiger partial charge in [-0.15, -0.1) is 0 Å². The van der Waals surface area contributed by atoms with Crippen molar-refractivity contribution in [1.82, 2.24) is 15.2 Å². The van der Waals surface area contributed by atoms with Crippen LogP contribution in [0.1, 0.15) is 40.3 Å². The molecule has 2 amide bonds. The van der Waals surface area contributed by atoms with Crippen LogP contribution in [0.5, 0.6) is 0 Å². The number of hydrogen-bond donors (Lipinski definition) is 1. The van der Waals surface area contributed by atoms with Gasteiger partial charge in [0.1, 0.15) is 0 Å². The molecule has 0 unspecified atom stereocenters. The molecule has 10 heteroatoms. The van der Waals surface area contributed by atoms with Gasteiger partial charge >= 0.3 is 0 Å². The van der Waals surface area contributed by atoms with Gasteiger partial charge < -0.3 is 14.6 Å². The van der Waals surface area contributed by atoms with E-state index >= 15 is 0 Å². The van der Waals surface area contributed by atoms with Crippen LogP contribution >= 0.6 is 11.6 Å². The van der Waals surface area contributed by atoms with Gasteiger partial charge in [0.15, 0.2) is 11.3 Å². The third-order valence-corrected chi connectivity index (χ3v) is 7.68. The molecular formula is C26H24ClN3O5S. The summed E-state index contributed by atoms with van der Waals surface area (Å²) < 4.78 is 32.0. The Balaban J connectivity index is 1.49. The van der Waals surface area contributed by atoms with Crippen LogP contribution in [0, 0.1) is 0 Å². The molecule has 2 aromatic heterocycles. The highest BCUT2D eigenvalue weighted by Crippen LogP contribution is 2.26. The van der Waals surface area contributed by atoms with Crippen molar-refractivity contribution in [2.75, 3.05) is 13.1 Å². The average Bonchev–Trinajstić information content (AvgIpc) is 3.32. The number of fused-ring (bicyclic) bond motifs is 1. The molecular weight excluding hydrogens is 502 g/mol. The van der Waals surface area contributed by atoms with Gasteiger partial charge in [-0.25, -0.2) is 8.42 Å². The molecule has 0 saturated carbocycles. The maximum absolute atomic E-state index is 13.2. The van der Waals surface area contributed by atoms with Gasteiger partial charge in [-0.1, -0.05) is 23.7 Å². The third kappa shape index (κ3) is 5.27. The second-order valence-corrected chi connectivity index (χ2v) is 10.4. The van der Waals surface area contributed by atoms with Crippen molar-refractivity contribution in [1.29, 1.82) is 0 Å². The first-order valence-electron chi connectivity index (χ1n) is 11.3. The van der Waals surface area contributed by atoms with Crippen LogP contribution in [0.15, 0.2) is 81.2 Å². The fraction of sp³-hybridized carbons (Fsp3) is 0.192. The number of hydrogen-bond acceptors (Lipinski definition) is 6. The number of halogens is 1. The lowest BCUT2D eigenvalue weighted by molar-refractivity contribution is 0.0772. The number of carbonyl (C=O) groups is 2. The van der Waals surface area contributed by atoms with Crippen molar-refractivity contribution < 1.29 is 22.4 Å². The predicted molar refractivity (Wildman–Crippen MR) is 136 cm³/mol. The molecule has 0 aliphatic carbocycles. The number of benzene rings is 2. The number of nitrogens with one attached hydrogen (secondary N) is 1. The SMILES string of the molecule is CCN(CC)C(=O)c1cc(Cl)cc(S(=O)(=O)c2ccc(CNC(=O)c3cc4ccncc4o3)cc2)c1. The van der Waals surface area contributed by atoms with E-state index in [1.165, 1.54) is 36.5 Å².